The fraction of sp³-hybridized carbons (Fsp3) is 0.474. The topological polar surface area (TPSA) is 58.5 Å². The molecule has 0 aliphatic rings. The summed E-state index contributed by atoms with van der Waals surface area (Å²) in [7, 11) is 1.72. The molecule has 2 aromatic rings. The van der Waals surface area contributed by atoms with Gasteiger partial charge in [0.2, 0.25) is 0 Å². The van der Waals surface area contributed by atoms with Crippen LogP contribution in [0.1, 0.15) is 34.2 Å². The number of benzene rings is 1. The van der Waals surface area contributed by atoms with E-state index in [-0.39, 0.29) is 30.1 Å². The van der Waals surface area contributed by atoms with Crippen molar-refractivity contribution in [2.75, 3.05) is 26.7 Å². The molecule has 0 radical (unpaired) electrons. The number of hydrogen-bond donors (Lipinski definition) is 2. The molecule has 0 aliphatic heterocycles. The summed E-state index contributed by atoms with van der Waals surface area (Å²) in [5, 5.41) is 7.83. The Morgan fingerprint density at radius 1 is 1.23 bits per heavy atom. The number of ether oxygens (including phenoxy) is 1. The number of hydrogen-bond acceptors (Lipinski definition) is 4. The van der Waals surface area contributed by atoms with E-state index in [2.05, 4.69) is 53.5 Å². The van der Waals surface area contributed by atoms with Crippen LogP contribution < -0.4 is 10.6 Å². The van der Waals surface area contributed by atoms with Crippen molar-refractivity contribution in [3.8, 4) is 0 Å². The van der Waals surface area contributed by atoms with E-state index in [1.807, 2.05) is 18.2 Å². The molecule has 1 aromatic heterocycles. The first kappa shape index (κ1) is 22.9. The van der Waals surface area contributed by atoms with Crippen LogP contribution >= 0.6 is 35.3 Å². The van der Waals surface area contributed by atoms with Crippen LogP contribution in [0.5, 0.6) is 0 Å². The molecule has 0 fully saturated rings. The molecule has 144 valence electrons. The highest BCUT2D eigenvalue weighted by atomic mass is 127. The molecule has 2 N–H and O–H groups in total. The first-order valence-corrected chi connectivity index (χ1v) is 9.48. The molecular formula is C19H29IN4OS. The lowest BCUT2D eigenvalue weighted by atomic mass is 10.1. The average Bonchev–Trinajstić information content (AvgIpc) is 2.94. The summed E-state index contributed by atoms with van der Waals surface area (Å²) in [4.78, 5) is 10.5. The number of halogens is 1. The first-order valence-electron chi connectivity index (χ1n) is 8.66. The standard InChI is InChI=1S/C19H28N4OS.HI/c1-5-20-19(21-12-11-18-23-14(2)15(3)25-18)22-13-17(24-4)16-9-7-6-8-10-16;/h6-10,17H,5,11-13H2,1-4H3,(H2,20,21,22);1H. The molecule has 7 heteroatoms. The number of aliphatic imine (C=N–C) groups is 1. The molecule has 0 aliphatic carbocycles. The van der Waals surface area contributed by atoms with Crippen molar-refractivity contribution in [1.29, 1.82) is 0 Å². The highest BCUT2D eigenvalue weighted by Crippen LogP contribution is 2.17. The smallest absolute Gasteiger partial charge is 0.191 e. The Morgan fingerprint density at radius 3 is 2.54 bits per heavy atom. The second kappa shape index (κ2) is 12.2. The molecule has 1 heterocycles. The second-order valence-electron chi connectivity index (χ2n) is 5.78. The largest absolute Gasteiger partial charge is 0.375 e. The van der Waals surface area contributed by atoms with Crippen LogP contribution in [-0.2, 0) is 11.2 Å². The Hall–Kier alpha value is -1.19. The number of methoxy groups -OCH3 is 1. The Bertz CT molecular complexity index is 656. The third-order valence-electron chi connectivity index (χ3n) is 3.92. The predicted octanol–water partition coefficient (Wildman–Crippen LogP) is 3.86. The number of thiazole rings is 1. The molecule has 0 amide bonds. The third kappa shape index (κ3) is 7.20. The lowest BCUT2D eigenvalue weighted by molar-refractivity contribution is 0.111. The summed E-state index contributed by atoms with van der Waals surface area (Å²) in [6, 6.07) is 10.2. The van der Waals surface area contributed by atoms with Gasteiger partial charge >= 0.3 is 0 Å². The van der Waals surface area contributed by atoms with Gasteiger partial charge < -0.3 is 15.4 Å². The van der Waals surface area contributed by atoms with Crippen LogP contribution in [-0.4, -0.2) is 37.7 Å². The number of guanidine groups is 1. The van der Waals surface area contributed by atoms with Gasteiger partial charge in [-0.15, -0.1) is 35.3 Å². The monoisotopic (exact) mass is 488 g/mol. The van der Waals surface area contributed by atoms with E-state index in [4.69, 9.17) is 4.74 Å². The maximum atomic E-state index is 5.58. The average molecular weight is 488 g/mol. The second-order valence-corrected chi connectivity index (χ2v) is 7.07. The van der Waals surface area contributed by atoms with E-state index < -0.39 is 0 Å². The number of aryl methyl sites for hydroxylation is 2. The minimum atomic E-state index is -0.0408. The molecule has 1 aromatic carbocycles. The van der Waals surface area contributed by atoms with Crippen LogP contribution in [0.25, 0.3) is 0 Å². The van der Waals surface area contributed by atoms with Crippen molar-refractivity contribution in [2.24, 2.45) is 4.99 Å². The molecule has 0 saturated heterocycles. The van der Waals surface area contributed by atoms with Gasteiger partial charge in [-0.25, -0.2) is 4.98 Å². The van der Waals surface area contributed by atoms with Gasteiger partial charge in [-0.1, -0.05) is 30.3 Å². The minimum Gasteiger partial charge on any atom is -0.375 e. The van der Waals surface area contributed by atoms with Crippen LogP contribution in [0.15, 0.2) is 35.3 Å². The van der Waals surface area contributed by atoms with Crippen LogP contribution in [0.4, 0.5) is 0 Å². The Labute approximate surface area is 177 Å². The molecular weight excluding hydrogens is 459 g/mol. The van der Waals surface area contributed by atoms with Crippen LogP contribution in [0.3, 0.4) is 0 Å². The zero-order valence-electron chi connectivity index (χ0n) is 15.9. The number of nitrogens with zero attached hydrogens (tertiary/aromatic N) is 2. The van der Waals surface area contributed by atoms with Gasteiger partial charge in [0.05, 0.1) is 17.2 Å². The van der Waals surface area contributed by atoms with Crippen molar-refractivity contribution in [3.05, 3.63) is 51.5 Å². The first-order chi connectivity index (χ1) is 12.1. The molecule has 2 rings (SSSR count). The molecule has 0 spiro atoms. The summed E-state index contributed by atoms with van der Waals surface area (Å²) in [6.07, 6.45) is 0.858. The lowest BCUT2D eigenvalue weighted by Gasteiger charge is -2.15. The molecule has 0 bridgehead atoms. The molecule has 1 atom stereocenters. The Balaban J connectivity index is 0.00000338. The van der Waals surface area contributed by atoms with Crippen LogP contribution in [0, 0.1) is 13.8 Å². The van der Waals surface area contributed by atoms with E-state index in [0.717, 1.165) is 41.7 Å². The zero-order valence-corrected chi connectivity index (χ0v) is 19.1. The summed E-state index contributed by atoms with van der Waals surface area (Å²) >= 11 is 1.77. The zero-order chi connectivity index (χ0) is 18.1. The maximum absolute atomic E-state index is 5.58. The van der Waals surface area contributed by atoms with E-state index >= 15 is 0 Å². The summed E-state index contributed by atoms with van der Waals surface area (Å²) in [5.74, 6) is 0.811. The van der Waals surface area contributed by atoms with Crippen LogP contribution in [0.2, 0.25) is 0 Å². The van der Waals surface area contributed by atoms with Crippen molar-refractivity contribution in [2.45, 2.75) is 33.3 Å². The van der Waals surface area contributed by atoms with Gasteiger partial charge in [0.15, 0.2) is 5.96 Å². The van der Waals surface area contributed by atoms with Crippen molar-refractivity contribution < 1.29 is 4.74 Å². The van der Waals surface area contributed by atoms with Gasteiger partial charge in [0.25, 0.3) is 0 Å². The highest BCUT2D eigenvalue weighted by molar-refractivity contribution is 14.0. The van der Waals surface area contributed by atoms with Gasteiger partial charge in [-0.3, -0.25) is 4.99 Å². The van der Waals surface area contributed by atoms with E-state index in [1.54, 1.807) is 18.4 Å². The summed E-state index contributed by atoms with van der Waals surface area (Å²) < 4.78 is 5.58. The van der Waals surface area contributed by atoms with E-state index in [9.17, 15) is 0 Å². The van der Waals surface area contributed by atoms with Gasteiger partial charge in [-0.2, -0.15) is 0 Å². The van der Waals surface area contributed by atoms with Crippen molar-refractivity contribution in [3.63, 3.8) is 0 Å². The fourth-order valence-electron chi connectivity index (χ4n) is 2.43. The Morgan fingerprint density at radius 2 is 1.96 bits per heavy atom. The predicted molar refractivity (Wildman–Crippen MR) is 121 cm³/mol. The SMILES string of the molecule is CCNC(=NCC(OC)c1ccccc1)NCCc1nc(C)c(C)s1.I. The molecule has 26 heavy (non-hydrogen) atoms. The third-order valence-corrected chi connectivity index (χ3v) is 5.05. The van der Waals surface area contributed by atoms with Gasteiger partial charge in [0, 0.05) is 31.5 Å². The van der Waals surface area contributed by atoms with Crippen molar-refractivity contribution >= 4 is 41.3 Å². The molecule has 1 unspecified atom stereocenters. The summed E-state index contributed by atoms with van der Waals surface area (Å²) in [5.41, 5.74) is 2.27. The number of nitrogens with one attached hydrogen (secondary N) is 2. The lowest BCUT2D eigenvalue weighted by Crippen LogP contribution is -2.38. The van der Waals surface area contributed by atoms with Gasteiger partial charge in [0.1, 0.15) is 6.10 Å². The summed E-state index contributed by atoms with van der Waals surface area (Å²) in [6.45, 7) is 8.44. The highest BCUT2D eigenvalue weighted by Gasteiger charge is 2.10. The number of aromatic nitrogens is 1. The Kier molecular flexibility index (Phi) is 10.8. The quantitative estimate of drug-likeness (QED) is 0.337. The molecule has 0 saturated carbocycles. The maximum Gasteiger partial charge on any atom is 0.191 e. The van der Waals surface area contributed by atoms with E-state index in [1.165, 1.54) is 4.88 Å². The number of rotatable bonds is 8. The fourth-order valence-corrected chi connectivity index (χ4v) is 3.37. The van der Waals surface area contributed by atoms with Crippen molar-refractivity contribution in [1.82, 2.24) is 15.6 Å². The normalized spacial score (nSPS) is 12.4. The minimum absolute atomic E-state index is 0. The van der Waals surface area contributed by atoms with E-state index in [0.29, 0.717) is 6.54 Å². The van der Waals surface area contributed by atoms with Gasteiger partial charge in [-0.05, 0) is 26.3 Å². The molecule has 5 nitrogen and oxygen atoms in total.